The number of nitrogens with zero attached hydrogens (tertiary/aromatic N) is 2. The maximum atomic E-state index is 14.5. The van der Waals surface area contributed by atoms with Crippen LogP contribution in [0.15, 0.2) is 24.3 Å². The molecule has 85 heavy (non-hydrogen) atoms. The summed E-state index contributed by atoms with van der Waals surface area (Å²) in [5.41, 5.74) is 0.373. The third-order valence-corrected chi connectivity index (χ3v) is 15.8. The Kier molecular flexibility index (Phi) is 27.8. The second-order valence-electron chi connectivity index (χ2n) is 21.7. The highest BCUT2D eigenvalue weighted by molar-refractivity contribution is 7.98. The van der Waals surface area contributed by atoms with E-state index < -0.39 is 181 Å². The van der Waals surface area contributed by atoms with Crippen LogP contribution in [0.1, 0.15) is 117 Å². The molecule has 13 atom stereocenters. The predicted octanol–water partition coefficient (Wildman–Crippen LogP) is -2.42. The molecule has 30 heteroatoms. The predicted molar refractivity (Wildman–Crippen MR) is 305 cm³/mol. The Morgan fingerprint density at radius 3 is 1.66 bits per heavy atom. The highest BCUT2D eigenvalue weighted by Crippen LogP contribution is 2.26. The molecular weight excluding hydrogens is 1130 g/mol. The molecule has 3 aliphatic rings. The number of amides is 10. The van der Waals surface area contributed by atoms with Gasteiger partial charge in [0.2, 0.25) is 59.1 Å². The van der Waals surface area contributed by atoms with Crippen molar-refractivity contribution in [3.8, 4) is 5.75 Å². The number of rotatable bonds is 33. The van der Waals surface area contributed by atoms with Gasteiger partial charge in [0.1, 0.15) is 66.2 Å². The molecule has 3 heterocycles. The van der Waals surface area contributed by atoms with Gasteiger partial charge in [-0.3, -0.25) is 57.5 Å². The molecule has 0 saturated carbocycles. The van der Waals surface area contributed by atoms with Crippen LogP contribution < -0.4 is 47.9 Å². The highest BCUT2D eigenvalue weighted by Gasteiger charge is 2.45. The van der Waals surface area contributed by atoms with E-state index in [1.807, 2.05) is 0 Å². The molecule has 0 spiro atoms. The van der Waals surface area contributed by atoms with Crippen LogP contribution in [0.5, 0.6) is 5.75 Å². The van der Waals surface area contributed by atoms with Gasteiger partial charge in [-0.15, -0.1) is 0 Å². The normalized spacial score (nSPS) is 20.1. The smallest absolute Gasteiger partial charge is 0.326 e. The van der Waals surface area contributed by atoms with Crippen LogP contribution in [0, 0.1) is 5.92 Å². The standard InChI is InChI=1S/C55H83N11O18S/c1-7-28(2)43(55(83)84)63-45(73)29(3)57-47(75)35(18-20-41(69)70)59-49(77)37(22-26-85-6)60-50(78)38(27-32-14-16-33(68)17-15-32)62-48(76)36(19-21-42(71)72)61-51(79)39-12-9-24-65(39)54(82)40-13-10-25-66(40)53(81)30(4)58-52(80)44(31(5)67)64-46(74)34-11-8-23-56-34/h14-17,28-31,34-40,43-44,56,67-68H,7-13,18-27H2,1-6H3,(H,57,75)(H,58,80)(H,59,77)(H,60,78)(H,61,79)(H,62,76)(H,63,73)(H,64,74)(H,69,70)(H,71,72)(H,83,84)/t28-,29-,30-,31+,34-,35-,36-,37-,38-,39-,40-,43-,44-/m0/s1. The van der Waals surface area contributed by atoms with E-state index in [1.165, 1.54) is 66.6 Å². The lowest BCUT2D eigenvalue weighted by Crippen LogP contribution is -2.60. The Morgan fingerprint density at radius 2 is 1.12 bits per heavy atom. The van der Waals surface area contributed by atoms with Gasteiger partial charge in [0, 0.05) is 32.4 Å². The van der Waals surface area contributed by atoms with Crippen LogP contribution in [0.4, 0.5) is 0 Å². The fraction of sp³-hybridized carbons (Fsp3) is 0.655. The second kappa shape index (κ2) is 33.8. The van der Waals surface area contributed by atoms with Crippen molar-refractivity contribution in [1.82, 2.24) is 57.7 Å². The lowest BCUT2D eigenvalue weighted by molar-refractivity contribution is -0.148. The summed E-state index contributed by atoms with van der Waals surface area (Å²) in [6.45, 7) is 8.08. The van der Waals surface area contributed by atoms with Crippen molar-refractivity contribution >= 4 is 88.7 Å². The van der Waals surface area contributed by atoms with E-state index >= 15 is 0 Å². The number of phenols is 1. The van der Waals surface area contributed by atoms with Gasteiger partial charge >= 0.3 is 17.9 Å². The first-order valence-corrected chi connectivity index (χ1v) is 30.0. The van der Waals surface area contributed by atoms with Crippen molar-refractivity contribution in [3.63, 3.8) is 0 Å². The molecule has 0 aliphatic carbocycles. The second-order valence-corrected chi connectivity index (χ2v) is 22.7. The van der Waals surface area contributed by atoms with Crippen molar-refractivity contribution in [2.75, 3.05) is 31.6 Å². The number of thioether (sulfide) groups is 1. The number of carboxylic acid groups (broad SMARTS) is 3. The van der Waals surface area contributed by atoms with Crippen LogP contribution in [0.25, 0.3) is 0 Å². The number of aliphatic hydroxyl groups is 1. The number of carbonyl (C=O) groups is 13. The molecule has 1 aromatic rings. The van der Waals surface area contributed by atoms with Crippen LogP contribution >= 0.6 is 11.8 Å². The van der Waals surface area contributed by atoms with Crippen molar-refractivity contribution < 1.29 is 87.9 Å². The number of aliphatic hydroxyl groups excluding tert-OH is 1. The van der Waals surface area contributed by atoms with Gasteiger partial charge in [0.15, 0.2) is 0 Å². The Bertz CT molecular complexity index is 2570. The largest absolute Gasteiger partial charge is 0.508 e. The molecule has 4 rings (SSSR count). The van der Waals surface area contributed by atoms with Gasteiger partial charge in [-0.2, -0.15) is 11.8 Å². The maximum Gasteiger partial charge on any atom is 0.326 e. The molecule has 1 aromatic carbocycles. The molecule has 0 radical (unpaired) electrons. The molecule has 29 nitrogen and oxygen atoms in total. The third-order valence-electron chi connectivity index (χ3n) is 15.2. The van der Waals surface area contributed by atoms with E-state index in [2.05, 4.69) is 47.9 Å². The summed E-state index contributed by atoms with van der Waals surface area (Å²) in [4.78, 5) is 176. The molecule has 14 N–H and O–H groups in total. The van der Waals surface area contributed by atoms with E-state index in [-0.39, 0.29) is 50.3 Å². The summed E-state index contributed by atoms with van der Waals surface area (Å²) >= 11 is 1.27. The van der Waals surface area contributed by atoms with Crippen molar-refractivity contribution in [2.24, 2.45) is 5.92 Å². The number of aromatic hydroxyl groups is 1. The zero-order valence-corrected chi connectivity index (χ0v) is 49.5. The lowest BCUT2D eigenvalue weighted by Gasteiger charge is -2.33. The van der Waals surface area contributed by atoms with E-state index in [0.717, 1.165) is 6.42 Å². The molecule has 0 bridgehead atoms. The van der Waals surface area contributed by atoms with Gasteiger partial charge in [-0.1, -0.05) is 32.4 Å². The number of benzene rings is 1. The molecule has 10 amide bonds. The minimum absolute atomic E-state index is 0.0637. The maximum absolute atomic E-state index is 14.5. The van der Waals surface area contributed by atoms with Crippen molar-refractivity contribution in [2.45, 2.75) is 191 Å². The van der Waals surface area contributed by atoms with Crippen LogP contribution in [-0.2, 0) is 68.7 Å². The summed E-state index contributed by atoms with van der Waals surface area (Å²) < 4.78 is 0. The molecule has 472 valence electrons. The number of carbonyl (C=O) groups excluding carboxylic acids is 10. The zero-order valence-electron chi connectivity index (χ0n) is 48.7. The number of hydrogen-bond acceptors (Lipinski definition) is 17. The number of phenolic OH excluding ortho intramolecular Hbond substituents is 1. The number of hydrogen-bond donors (Lipinski definition) is 14. The Hall–Kier alpha value is -7.60. The fourth-order valence-electron chi connectivity index (χ4n) is 10.0. The van der Waals surface area contributed by atoms with Crippen LogP contribution in [-0.4, -0.2) is 217 Å². The van der Waals surface area contributed by atoms with Crippen LogP contribution in [0.3, 0.4) is 0 Å². The number of nitrogens with one attached hydrogen (secondary N) is 9. The first kappa shape index (κ1) is 69.9. The Morgan fingerprint density at radius 1 is 0.588 bits per heavy atom. The van der Waals surface area contributed by atoms with Crippen molar-refractivity contribution in [3.05, 3.63) is 29.8 Å². The summed E-state index contributed by atoms with van der Waals surface area (Å²) in [6, 6.07) is -8.91. The molecule has 3 aliphatic heterocycles. The summed E-state index contributed by atoms with van der Waals surface area (Å²) in [6.07, 6.45) is 0.377. The molecule has 0 unspecified atom stereocenters. The van der Waals surface area contributed by atoms with E-state index in [4.69, 9.17) is 0 Å². The minimum Gasteiger partial charge on any atom is -0.508 e. The number of likely N-dealkylation sites (tertiary alicyclic amines) is 2. The van der Waals surface area contributed by atoms with E-state index in [0.29, 0.717) is 37.8 Å². The van der Waals surface area contributed by atoms with Gasteiger partial charge < -0.3 is 83.2 Å². The van der Waals surface area contributed by atoms with Crippen LogP contribution in [0.2, 0.25) is 0 Å². The first-order chi connectivity index (χ1) is 40.2. The summed E-state index contributed by atoms with van der Waals surface area (Å²) in [5.74, 6) is -12.7. The Labute approximate surface area is 496 Å². The van der Waals surface area contributed by atoms with E-state index in [1.54, 1.807) is 20.1 Å². The summed E-state index contributed by atoms with van der Waals surface area (Å²) in [5, 5.41) is 72.3. The first-order valence-electron chi connectivity index (χ1n) is 28.6. The van der Waals surface area contributed by atoms with Gasteiger partial charge in [-0.25, -0.2) is 4.79 Å². The summed E-state index contributed by atoms with van der Waals surface area (Å²) in [7, 11) is 0. The van der Waals surface area contributed by atoms with E-state index in [9.17, 15) is 87.9 Å². The fourth-order valence-corrected chi connectivity index (χ4v) is 10.5. The lowest BCUT2D eigenvalue weighted by atomic mass is 9.99. The quantitative estimate of drug-likeness (QED) is 0.0348. The number of aliphatic carboxylic acids is 3. The molecular formula is C55H83N11O18S. The molecule has 0 aromatic heterocycles. The van der Waals surface area contributed by atoms with Gasteiger partial charge in [-0.05, 0) is 121 Å². The topological polar surface area (TPSA) is 438 Å². The average molecular weight is 1220 g/mol. The average Bonchev–Trinajstić information content (AvgIpc) is 3.63. The van der Waals surface area contributed by atoms with Crippen molar-refractivity contribution in [1.29, 1.82) is 0 Å². The molecule has 3 fully saturated rings. The SMILES string of the molecule is CC[C@H](C)[C@H](NC(=O)[C@H](C)NC(=O)[C@H](CCC(=O)O)NC(=O)[C@H](CCSC)NC(=O)[C@H](Cc1ccc(O)cc1)NC(=O)[C@H](CCC(=O)O)NC(=O)[C@@H]1CCCN1C(=O)[C@@H]1CCCN1C(=O)[C@H](C)NC(=O)[C@@H](NC(=O)[C@@H]1CCCN1)[C@@H](C)O)C(=O)O. The van der Waals surface area contributed by atoms with Gasteiger partial charge in [0.25, 0.3) is 0 Å². The highest BCUT2D eigenvalue weighted by atomic mass is 32.2. The van der Waals surface area contributed by atoms with Gasteiger partial charge in [0.05, 0.1) is 12.1 Å². The minimum atomic E-state index is -1.64. The number of carboxylic acids is 3. The zero-order chi connectivity index (χ0) is 63.2. The monoisotopic (exact) mass is 1220 g/mol. The third kappa shape index (κ3) is 21.2. The molecule has 3 saturated heterocycles. The Balaban J connectivity index is 1.53.